The van der Waals surface area contributed by atoms with Crippen LogP contribution in [0, 0.1) is 0 Å². The second-order valence-electron chi connectivity index (χ2n) is 3.47. The number of benzene rings is 1. The summed E-state index contributed by atoms with van der Waals surface area (Å²) in [5.41, 5.74) is 5.85. The third kappa shape index (κ3) is 3.71. The molecule has 3 nitrogen and oxygen atoms in total. The molecule has 0 atom stereocenters. The molecule has 1 aromatic rings. The Kier molecular flexibility index (Phi) is 4.90. The fraction of sp³-hybridized carbons (Fsp3) is 0.333. The Labute approximate surface area is 98.8 Å². The fourth-order valence-electron chi connectivity index (χ4n) is 1.43. The highest BCUT2D eigenvalue weighted by molar-refractivity contribution is 5.40. The van der Waals surface area contributed by atoms with Gasteiger partial charge in [-0.15, -0.1) is 0 Å². The molecule has 0 heterocycles. The maximum atomic E-state index is 12.5. The van der Waals surface area contributed by atoms with Crippen molar-refractivity contribution >= 4 is 0 Å². The fourth-order valence-corrected chi connectivity index (χ4v) is 1.43. The lowest BCUT2D eigenvalue weighted by atomic mass is 10.1. The van der Waals surface area contributed by atoms with Crippen molar-refractivity contribution in [1.29, 1.82) is 0 Å². The molecule has 0 radical (unpaired) electrons. The summed E-state index contributed by atoms with van der Waals surface area (Å²) in [5.74, 6) is 1.13. The summed E-state index contributed by atoms with van der Waals surface area (Å²) in [7, 11) is 3.02. The van der Waals surface area contributed by atoms with Crippen molar-refractivity contribution in [2.24, 2.45) is 5.73 Å². The Morgan fingerprint density at radius 2 is 1.65 bits per heavy atom. The lowest BCUT2D eigenvalue weighted by Crippen LogP contribution is -2.07. The van der Waals surface area contributed by atoms with Crippen molar-refractivity contribution in [3.05, 3.63) is 35.4 Å². The van der Waals surface area contributed by atoms with Crippen molar-refractivity contribution < 1.29 is 18.3 Å². The molecule has 0 aliphatic rings. The summed E-state index contributed by atoms with van der Waals surface area (Å²) < 4.78 is 35.1. The van der Waals surface area contributed by atoms with Gasteiger partial charge in [0.2, 0.25) is 0 Å². The van der Waals surface area contributed by atoms with Gasteiger partial charge in [0.15, 0.2) is 0 Å². The summed E-state index contributed by atoms with van der Waals surface area (Å²) in [6.45, 7) is -0.165. The van der Waals surface area contributed by atoms with Crippen molar-refractivity contribution in [2.45, 2.75) is 6.42 Å². The van der Waals surface area contributed by atoms with E-state index in [1.54, 1.807) is 18.2 Å². The van der Waals surface area contributed by atoms with Crippen molar-refractivity contribution in [3.8, 4) is 11.5 Å². The number of rotatable bonds is 5. The van der Waals surface area contributed by atoms with Gasteiger partial charge in [0.25, 0.3) is 6.08 Å². The van der Waals surface area contributed by atoms with Gasteiger partial charge >= 0.3 is 0 Å². The van der Waals surface area contributed by atoms with Crippen LogP contribution < -0.4 is 15.2 Å². The minimum atomic E-state index is -1.73. The van der Waals surface area contributed by atoms with Crippen molar-refractivity contribution in [2.75, 3.05) is 20.8 Å². The third-order valence-electron chi connectivity index (χ3n) is 2.34. The summed E-state index contributed by atoms with van der Waals surface area (Å²) >= 11 is 0. The van der Waals surface area contributed by atoms with E-state index in [-0.39, 0.29) is 18.5 Å². The number of ether oxygens (including phenoxy) is 2. The van der Waals surface area contributed by atoms with Gasteiger partial charge in [0.05, 0.1) is 14.2 Å². The zero-order valence-electron chi connectivity index (χ0n) is 9.80. The molecule has 94 valence electrons. The summed E-state index contributed by atoms with van der Waals surface area (Å²) in [6, 6.07) is 5.05. The Morgan fingerprint density at radius 3 is 2.00 bits per heavy atom. The average Bonchev–Trinajstić information content (AvgIpc) is 2.34. The first kappa shape index (κ1) is 13.4. The monoisotopic (exact) mass is 243 g/mol. The van der Waals surface area contributed by atoms with E-state index in [1.165, 1.54) is 14.2 Å². The number of hydrogen-bond acceptors (Lipinski definition) is 3. The molecule has 2 N–H and O–H groups in total. The molecule has 0 aliphatic carbocycles. The molecule has 0 saturated heterocycles. The third-order valence-corrected chi connectivity index (χ3v) is 2.34. The van der Waals surface area contributed by atoms with Gasteiger partial charge in [-0.05, 0) is 17.7 Å². The molecule has 0 spiro atoms. The SMILES string of the molecule is COc1cc(CC(CN)=C(F)F)cc(OC)c1. The van der Waals surface area contributed by atoms with Crippen LogP contribution >= 0.6 is 0 Å². The Morgan fingerprint density at radius 1 is 1.12 bits per heavy atom. The second-order valence-corrected chi connectivity index (χ2v) is 3.47. The van der Waals surface area contributed by atoms with Gasteiger partial charge in [-0.3, -0.25) is 0 Å². The van der Waals surface area contributed by atoms with E-state index < -0.39 is 6.08 Å². The van der Waals surface area contributed by atoms with E-state index in [4.69, 9.17) is 15.2 Å². The smallest absolute Gasteiger partial charge is 0.271 e. The highest BCUT2D eigenvalue weighted by Crippen LogP contribution is 2.24. The maximum Gasteiger partial charge on any atom is 0.271 e. The van der Waals surface area contributed by atoms with Gasteiger partial charge in [-0.2, -0.15) is 8.78 Å². The molecule has 0 aliphatic heterocycles. The molecule has 17 heavy (non-hydrogen) atoms. The predicted molar refractivity (Wildman–Crippen MR) is 61.5 cm³/mol. The number of hydrogen-bond donors (Lipinski definition) is 1. The summed E-state index contributed by atoms with van der Waals surface area (Å²) in [6.07, 6.45) is -1.64. The first-order valence-electron chi connectivity index (χ1n) is 5.05. The zero-order valence-corrected chi connectivity index (χ0v) is 9.80. The first-order chi connectivity index (χ1) is 8.10. The normalized spacial score (nSPS) is 9.94. The van der Waals surface area contributed by atoms with E-state index in [9.17, 15) is 8.78 Å². The molecular formula is C12H15F2NO2. The molecular weight excluding hydrogens is 228 g/mol. The molecule has 1 rings (SSSR count). The molecule has 0 amide bonds. The van der Waals surface area contributed by atoms with Crippen molar-refractivity contribution in [3.63, 3.8) is 0 Å². The number of halogens is 2. The number of methoxy groups -OCH3 is 2. The van der Waals surface area contributed by atoms with Crippen LogP contribution in [0.4, 0.5) is 8.78 Å². The lowest BCUT2D eigenvalue weighted by Gasteiger charge is -2.09. The van der Waals surface area contributed by atoms with E-state index in [0.717, 1.165) is 0 Å². The summed E-state index contributed by atoms with van der Waals surface area (Å²) in [5, 5.41) is 0. The largest absolute Gasteiger partial charge is 0.497 e. The van der Waals surface area contributed by atoms with E-state index >= 15 is 0 Å². The number of nitrogens with two attached hydrogens (primary N) is 1. The van der Waals surface area contributed by atoms with Gasteiger partial charge in [0, 0.05) is 24.6 Å². The Bertz CT molecular complexity index is 393. The molecule has 5 heteroatoms. The molecule has 0 bridgehead atoms. The molecule has 0 saturated carbocycles. The standard InChI is InChI=1S/C12H15F2NO2/c1-16-10-4-8(5-11(6-10)17-2)3-9(7-15)12(13)14/h4-6H,3,7,15H2,1-2H3. The van der Waals surface area contributed by atoms with Crippen LogP contribution in [0.25, 0.3) is 0 Å². The molecule has 1 aromatic carbocycles. The van der Waals surface area contributed by atoms with E-state index in [1.807, 2.05) is 0 Å². The second kappa shape index (κ2) is 6.20. The van der Waals surface area contributed by atoms with E-state index in [0.29, 0.717) is 17.1 Å². The lowest BCUT2D eigenvalue weighted by molar-refractivity contribution is 0.392. The van der Waals surface area contributed by atoms with Gasteiger partial charge < -0.3 is 15.2 Å². The maximum absolute atomic E-state index is 12.5. The topological polar surface area (TPSA) is 44.5 Å². The van der Waals surface area contributed by atoms with Gasteiger partial charge in [-0.1, -0.05) is 0 Å². The summed E-state index contributed by atoms with van der Waals surface area (Å²) in [4.78, 5) is 0. The van der Waals surface area contributed by atoms with Gasteiger partial charge in [0.1, 0.15) is 11.5 Å². The van der Waals surface area contributed by atoms with Crippen LogP contribution in [-0.4, -0.2) is 20.8 Å². The van der Waals surface area contributed by atoms with Crippen LogP contribution in [0.2, 0.25) is 0 Å². The average molecular weight is 243 g/mol. The highest BCUT2D eigenvalue weighted by atomic mass is 19.3. The minimum absolute atomic E-state index is 0.0830. The Balaban J connectivity index is 3.01. The zero-order chi connectivity index (χ0) is 12.8. The van der Waals surface area contributed by atoms with Crippen LogP contribution in [-0.2, 0) is 6.42 Å². The van der Waals surface area contributed by atoms with Crippen LogP contribution in [0.3, 0.4) is 0 Å². The molecule has 0 unspecified atom stereocenters. The van der Waals surface area contributed by atoms with Crippen LogP contribution in [0.1, 0.15) is 5.56 Å². The molecule has 0 aromatic heterocycles. The van der Waals surface area contributed by atoms with Gasteiger partial charge in [-0.25, -0.2) is 0 Å². The highest BCUT2D eigenvalue weighted by Gasteiger charge is 2.08. The quantitative estimate of drug-likeness (QED) is 0.863. The van der Waals surface area contributed by atoms with E-state index in [2.05, 4.69) is 0 Å². The Hall–Kier alpha value is -1.62. The first-order valence-corrected chi connectivity index (χ1v) is 5.05. The predicted octanol–water partition coefficient (Wildman–Crippen LogP) is 2.36. The van der Waals surface area contributed by atoms with Crippen molar-refractivity contribution in [1.82, 2.24) is 0 Å². The van der Waals surface area contributed by atoms with Crippen LogP contribution in [0.15, 0.2) is 29.9 Å². The minimum Gasteiger partial charge on any atom is -0.497 e. The molecule has 0 fully saturated rings. The van der Waals surface area contributed by atoms with Crippen LogP contribution in [0.5, 0.6) is 11.5 Å².